The van der Waals surface area contributed by atoms with Crippen molar-refractivity contribution in [1.82, 2.24) is 15.1 Å². The van der Waals surface area contributed by atoms with E-state index in [4.69, 9.17) is 0 Å². The second-order valence-electron chi connectivity index (χ2n) is 7.24. The Morgan fingerprint density at radius 1 is 0.950 bits per heavy atom. The summed E-state index contributed by atoms with van der Waals surface area (Å²) in [6, 6.07) is 2.47. The lowest BCUT2D eigenvalue weighted by atomic mass is 9.97. The van der Waals surface area contributed by atoms with Crippen LogP contribution in [0.1, 0.15) is 58.3 Å². The van der Waals surface area contributed by atoms with E-state index in [1.165, 1.54) is 84.1 Å². The minimum Gasteiger partial charge on any atom is -0.314 e. The third kappa shape index (κ3) is 3.75. The maximum absolute atomic E-state index is 3.71. The first kappa shape index (κ1) is 14.8. The summed E-state index contributed by atoms with van der Waals surface area (Å²) in [5.41, 5.74) is 0. The molecule has 1 saturated carbocycles. The quantitative estimate of drug-likeness (QED) is 0.853. The van der Waals surface area contributed by atoms with Crippen LogP contribution in [-0.2, 0) is 0 Å². The lowest BCUT2D eigenvalue weighted by Gasteiger charge is -2.41. The molecule has 20 heavy (non-hydrogen) atoms. The van der Waals surface area contributed by atoms with E-state index in [0.717, 1.165) is 18.1 Å². The molecular weight excluding hydrogens is 246 g/mol. The van der Waals surface area contributed by atoms with Gasteiger partial charge in [-0.05, 0) is 45.6 Å². The Labute approximate surface area is 125 Å². The van der Waals surface area contributed by atoms with Gasteiger partial charge in [-0.3, -0.25) is 9.80 Å². The molecule has 2 heterocycles. The van der Waals surface area contributed by atoms with Crippen molar-refractivity contribution in [3.63, 3.8) is 0 Å². The molecule has 0 spiro atoms. The SMILES string of the molecule is CC(CC1CCCCN1)N1CCN(C2CCCC2)CC1. The van der Waals surface area contributed by atoms with Gasteiger partial charge >= 0.3 is 0 Å². The van der Waals surface area contributed by atoms with E-state index < -0.39 is 0 Å². The van der Waals surface area contributed by atoms with Gasteiger partial charge in [0.05, 0.1) is 0 Å². The van der Waals surface area contributed by atoms with E-state index >= 15 is 0 Å². The van der Waals surface area contributed by atoms with Gasteiger partial charge in [0.25, 0.3) is 0 Å². The normalized spacial score (nSPS) is 32.5. The smallest absolute Gasteiger partial charge is 0.0113 e. The summed E-state index contributed by atoms with van der Waals surface area (Å²) in [5, 5.41) is 3.71. The van der Waals surface area contributed by atoms with Crippen LogP contribution < -0.4 is 5.32 Å². The molecule has 0 bridgehead atoms. The molecule has 116 valence electrons. The number of nitrogens with zero attached hydrogens (tertiary/aromatic N) is 2. The summed E-state index contributed by atoms with van der Waals surface area (Å²) in [6.45, 7) is 8.91. The first-order chi connectivity index (χ1) is 9.83. The Morgan fingerprint density at radius 2 is 1.65 bits per heavy atom. The third-order valence-electron chi connectivity index (χ3n) is 5.85. The van der Waals surface area contributed by atoms with Gasteiger partial charge in [-0.1, -0.05) is 19.3 Å². The van der Waals surface area contributed by atoms with Crippen molar-refractivity contribution in [3.8, 4) is 0 Å². The molecule has 1 aliphatic carbocycles. The standard InChI is InChI=1S/C17H33N3/c1-15(14-16-6-4-5-9-18-16)19-10-12-20(13-11-19)17-7-2-3-8-17/h15-18H,2-14H2,1H3. The van der Waals surface area contributed by atoms with Gasteiger partial charge in [-0.25, -0.2) is 0 Å². The zero-order valence-electron chi connectivity index (χ0n) is 13.3. The fourth-order valence-corrected chi connectivity index (χ4v) is 4.50. The number of nitrogens with one attached hydrogen (secondary N) is 1. The average molecular weight is 279 g/mol. The zero-order valence-corrected chi connectivity index (χ0v) is 13.3. The fourth-order valence-electron chi connectivity index (χ4n) is 4.50. The topological polar surface area (TPSA) is 18.5 Å². The summed E-state index contributed by atoms with van der Waals surface area (Å²) < 4.78 is 0. The molecule has 2 aliphatic heterocycles. The third-order valence-corrected chi connectivity index (χ3v) is 5.85. The highest BCUT2D eigenvalue weighted by Gasteiger charge is 2.28. The van der Waals surface area contributed by atoms with Crippen molar-refractivity contribution in [2.45, 2.75) is 76.4 Å². The second kappa shape index (κ2) is 7.24. The zero-order chi connectivity index (χ0) is 13.8. The highest BCUT2D eigenvalue weighted by Crippen LogP contribution is 2.25. The summed E-state index contributed by atoms with van der Waals surface area (Å²) in [5.74, 6) is 0. The van der Waals surface area contributed by atoms with Crippen LogP contribution in [-0.4, -0.2) is 60.6 Å². The van der Waals surface area contributed by atoms with Crippen LogP contribution in [0.2, 0.25) is 0 Å². The van der Waals surface area contributed by atoms with Gasteiger partial charge in [-0.15, -0.1) is 0 Å². The molecule has 3 rings (SSSR count). The Morgan fingerprint density at radius 3 is 2.30 bits per heavy atom. The maximum atomic E-state index is 3.71. The number of hydrogen-bond acceptors (Lipinski definition) is 3. The molecule has 3 heteroatoms. The fraction of sp³-hybridized carbons (Fsp3) is 1.00. The Kier molecular flexibility index (Phi) is 5.36. The van der Waals surface area contributed by atoms with Gasteiger partial charge in [0, 0.05) is 44.3 Å². The monoisotopic (exact) mass is 279 g/mol. The van der Waals surface area contributed by atoms with E-state index in [1.807, 2.05) is 0 Å². The number of piperidine rings is 1. The van der Waals surface area contributed by atoms with Gasteiger partial charge in [0.1, 0.15) is 0 Å². The average Bonchev–Trinajstić information content (AvgIpc) is 3.03. The molecule has 0 radical (unpaired) electrons. The van der Waals surface area contributed by atoms with Crippen molar-refractivity contribution in [1.29, 1.82) is 0 Å². The summed E-state index contributed by atoms with van der Waals surface area (Å²) in [7, 11) is 0. The molecular formula is C17H33N3. The largest absolute Gasteiger partial charge is 0.314 e. The molecule has 3 aliphatic rings. The van der Waals surface area contributed by atoms with Crippen LogP contribution in [0.25, 0.3) is 0 Å². The molecule has 0 aromatic heterocycles. The Balaban J connectivity index is 1.40. The Hall–Kier alpha value is -0.120. The highest BCUT2D eigenvalue weighted by atomic mass is 15.3. The predicted molar refractivity (Wildman–Crippen MR) is 85.1 cm³/mol. The molecule has 1 N–H and O–H groups in total. The predicted octanol–water partition coefficient (Wildman–Crippen LogP) is 2.47. The number of rotatable bonds is 4. The van der Waals surface area contributed by atoms with Crippen LogP contribution in [0.3, 0.4) is 0 Å². The van der Waals surface area contributed by atoms with Crippen molar-refractivity contribution in [2.24, 2.45) is 0 Å². The van der Waals surface area contributed by atoms with E-state index in [9.17, 15) is 0 Å². The molecule has 0 amide bonds. The molecule has 3 fully saturated rings. The van der Waals surface area contributed by atoms with Crippen molar-refractivity contribution >= 4 is 0 Å². The first-order valence-electron chi connectivity index (χ1n) is 9.04. The number of piperazine rings is 1. The van der Waals surface area contributed by atoms with E-state index in [2.05, 4.69) is 22.0 Å². The van der Waals surface area contributed by atoms with Crippen LogP contribution in [0.15, 0.2) is 0 Å². The van der Waals surface area contributed by atoms with Crippen molar-refractivity contribution in [3.05, 3.63) is 0 Å². The van der Waals surface area contributed by atoms with Crippen LogP contribution in [0.5, 0.6) is 0 Å². The highest BCUT2D eigenvalue weighted by molar-refractivity contribution is 4.85. The number of hydrogen-bond donors (Lipinski definition) is 1. The van der Waals surface area contributed by atoms with Crippen LogP contribution in [0.4, 0.5) is 0 Å². The van der Waals surface area contributed by atoms with Gasteiger partial charge in [0.15, 0.2) is 0 Å². The molecule has 3 nitrogen and oxygen atoms in total. The Bertz CT molecular complexity index is 274. The van der Waals surface area contributed by atoms with Gasteiger partial charge in [0.2, 0.25) is 0 Å². The van der Waals surface area contributed by atoms with E-state index in [-0.39, 0.29) is 0 Å². The van der Waals surface area contributed by atoms with Gasteiger partial charge in [-0.2, -0.15) is 0 Å². The first-order valence-corrected chi connectivity index (χ1v) is 9.04. The molecule has 2 atom stereocenters. The summed E-state index contributed by atoms with van der Waals surface area (Å²) in [4.78, 5) is 5.51. The van der Waals surface area contributed by atoms with Crippen molar-refractivity contribution in [2.75, 3.05) is 32.7 Å². The summed E-state index contributed by atoms with van der Waals surface area (Å²) >= 11 is 0. The second-order valence-corrected chi connectivity index (χ2v) is 7.24. The molecule has 0 aromatic carbocycles. The summed E-state index contributed by atoms with van der Waals surface area (Å²) in [6.07, 6.45) is 11.4. The molecule has 2 unspecified atom stereocenters. The maximum Gasteiger partial charge on any atom is 0.0113 e. The lowest BCUT2D eigenvalue weighted by Crippen LogP contribution is -2.53. The van der Waals surface area contributed by atoms with Gasteiger partial charge < -0.3 is 5.32 Å². The van der Waals surface area contributed by atoms with E-state index in [0.29, 0.717) is 0 Å². The van der Waals surface area contributed by atoms with Crippen LogP contribution in [0, 0.1) is 0 Å². The van der Waals surface area contributed by atoms with Crippen molar-refractivity contribution < 1.29 is 0 Å². The minimum absolute atomic E-state index is 0.760. The lowest BCUT2D eigenvalue weighted by molar-refractivity contribution is 0.0683. The minimum atomic E-state index is 0.760. The molecule has 2 saturated heterocycles. The van der Waals surface area contributed by atoms with Crippen LogP contribution >= 0.6 is 0 Å². The molecule has 0 aromatic rings. The van der Waals surface area contributed by atoms with E-state index in [1.54, 1.807) is 0 Å².